The van der Waals surface area contributed by atoms with Crippen molar-refractivity contribution in [1.82, 2.24) is 16.2 Å². The van der Waals surface area contributed by atoms with Crippen LogP contribution in [0, 0.1) is 0 Å². The third-order valence-electron chi connectivity index (χ3n) is 4.06. The molecule has 0 radical (unpaired) electrons. The van der Waals surface area contributed by atoms with Crippen LogP contribution in [-0.4, -0.2) is 46.9 Å². The Morgan fingerprint density at radius 3 is 2.63 bits per heavy atom. The van der Waals surface area contributed by atoms with Crippen LogP contribution in [0.15, 0.2) is 30.4 Å². The summed E-state index contributed by atoms with van der Waals surface area (Å²) in [7, 11) is 3.34. The monoisotopic (exact) mass is 445 g/mol. The summed E-state index contributed by atoms with van der Waals surface area (Å²) in [5.41, 5.74) is 9.19. The van der Waals surface area contributed by atoms with Crippen molar-refractivity contribution in [1.29, 1.82) is 0 Å². The number of rotatable bonds is 9. The minimum Gasteiger partial charge on any atom is -0.493 e. The summed E-state index contributed by atoms with van der Waals surface area (Å²) in [5, 5.41) is 4.05. The molecule has 2 aliphatic rings. The fourth-order valence-electron chi connectivity index (χ4n) is 2.73. The van der Waals surface area contributed by atoms with Gasteiger partial charge in [0.1, 0.15) is 9.41 Å². The molecular weight excluding hydrogens is 418 g/mol. The van der Waals surface area contributed by atoms with E-state index in [-0.39, 0.29) is 0 Å². The van der Waals surface area contributed by atoms with Gasteiger partial charge in [0.05, 0.1) is 19.6 Å². The highest BCUT2D eigenvalue weighted by Gasteiger charge is 2.29. The summed E-state index contributed by atoms with van der Waals surface area (Å²) in [6.07, 6.45) is 0. The van der Waals surface area contributed by atoms with Gasteiger partial charge >= 0.3 is 0 Å². The number of hydrogen-bond acceptors (Lipinski definition) is 9. The minimum atomic E-state index is 0.302. The highest BCUT2D eigenvalue weighted by atomic mass is 32.2. The average molecular weight is 446 g/mol. The zero-order valence-corrected chi connectivity index (χ0v) is 19.1. The second-order valence-electron chi connectivity index (χ2n) is 6.38. The van der Waals surface area contributed by atoms with E-state index in [0.29, 0.717) is 20.8 Å². The number of nitrogens with one attached hydrogen (secondary N) is 3. The number of hydrogen-bond donors (Lipinski definition) is 3. The quantitative estimate of drug-likeness (QED) is 0.492. The molecule has 1 aromatic carbocycles. The predicted octanol–water partition coefficient (Wildman–Crippen LogP) is 3.86. The highest BCUT2D eigenvalue weighted by molar-refractivity contribution is 8.24. The predicted molar refractivity (Wildman–Crippen MR) is 123 cm³/mol. The Morgan fingerprint density at radius 1 is 1.19 bits per heavy atom. The lowest BCUT2D eigenvalue weighted by Gasteiger charge is -2.16. The van der Waals surface area contributed by atoms with Gasteiger partial charge in [-0.25, -0.2) is 10.9 Å². The molecule has 4 atom stereocenters. The van der Waals surface area contributed by atoms with Crippen LogP contribution in [-0.2, 0) is 0 Å². The fourth-order valence-corrected chi connectivity index (χ4v) is 7.95. The van der Waals surface area contributed by atoms with Crippen LogP contribution in [0.5, 0.6) is 11.5 Å². The Morgan fingerprint density at radius 2 is 1.93 bits per heavy atom. The molecule has 9 heteroatoms. The van der Waals surface area contributed by atoms with Crippen LogP contribution in [0.3, 0.4) is 0 Å². The lowest BCUT2D eigenvalue weighted by molar-refractivity contribution is 0.354. The van der Waals surface area contributed by atoms with Gasteiger partial charge in [-0.2, -0.15) is 0 Å². The van der Waals surface area contributed by atoms with E-state index < -0.39 is 0 Å². The highest BCUT2D eigenvalue weighted by Crippen LogP contribution is 2.39. The smallest absolute Gasteiger partial charge is 0.161 e. The van der Waals surface area contributed by atoms with Gasteiger partial charge in [0.15, 0.2) is 11.5 Å². The van der Waals surface area contributed by atoms with E-state index in [0.717, 1.165) is 28.8 Å². The second-order valence-corrected chi connectivity index (χ2v) is 11.6. The largest absolute Gasteiger partial charge is 0.493 e. The van der Waals surface area contributed by atoms with Crippen LogP contribution in [0.2, 0.25) is 0 Å². The molecule has 150 valence electrons. The van der Waals surface area contributed by atoms with Gasteiger partial charge < -0.3 is 9.47 Å². The van der Waals surface area contributed by atoms with Gasteiger partial charge in [-0.05, 0) is 24.6 Å². The van der Waals surface area contributed by atoms with Crippen molar-refractivity contribution in [3.63, 3.8) is 0 Å². The molecular formula is C18H27N3O2S4. The van der Waals surface area contributed by atoms with Crippen molar-refractivity contribution in [2.24, 2.45) is 0 Å². The first-order chi connectivity index (χ1) is 13.1. The molecule has 2 fully saturated rings. The Kier molecular flexibility index (Phi) is 8.43. The first kappa shape index (κ1) is 21.5. The number of methoxy groups -OCH3 is 2. The lowest BCUT2D eigenvalue weighted by Crippen LogP contribution is -2.33. The van der Waals surface area contributed by atoms with Gasteiger partial charge in [0.25, 0.3) is 0 Å². The topological polar surface area (TPSA) is 54.5 Å². The molecule has 2 saturated heterocycles. The van der Waals surface area contributed by atoms with Crippen LogP contribution in [0.1, 0.15) is 17.9 Å². The SMILES string of the molecule is C=C(C)CSC1NNC(SCC2CSC(c3ccc(OC)c(OC)c3)N2)S1. The third-order valence-corrected chi connectivity index (χ3v) is 9.70. The number of ether oxygens (including phenoxy) is 2. The maximum absolute atomic E-state index is 5.43. The van der Waals surface area contributed by atoms with E-state index in [1.165, 1.54) is 11.1 Å². The molecule has 0 bridgehead atoms. The van der Waals surface area contributed by atoms with Crippen LogP contribution < -0.4 is 25.6 Å². The summed E-state index contributed by atoms with van der Waals surface area (Å²) >= 11 is 7.75. The fraction of sp³-hybridized carbons (Fsp3) is 0.556. The molecule has 1 aromatic rings. The van der Waals surface area contributed by atoms with Crippen LogP contribution in [0.25, 0.3) is 0 Å². The summed E-state index contributed by atoms with van der Waals surface area (Å²) < 4.78 is 11.5. The third kappa shape index (κ3) is 6.16. The van der Waals surface area contributed by atoms with E-state index in [1.54, 1.807) is 14.2 Å². The molecule has 4 unspecified atom stereocenters. The van der Waals surface area contributed by atoms with E-state index in [4.69, 9.17) is 9.47 Å². The van der Waals surface area contributed by atoms with E-state index in [2.05, 4.69) is 41.8 Å². The number of thioether (sulfide) groups is 4. The zero-order chi connectivity index (χ0) is 19.2. The molecule has 2 aliphatic heterocycles. The van der Waals surface area contributed by atoms with Crippen molar-refractivity contribution >= 4 is 47.0 Å². The molecule has 3 N–H and O–H groups in total. The van der Waals surface area contributed by atoms with Gasteiger partial charge in [0.2, 0.25) is 0 Å². The van der Waals surface area contributed by atoms with E-state index >= 15 is 0 Å². The van der Waals surface area contributed by atoms with Gasteiger partial charge in [-0.1, -0.05) is 30.0 Å². The van der Waals surface area contributed by atoms with Crippen molar-refractivity contribution in [3.05, 3.63) is 35.9 Å². The molecule has 0 amide bonds. The normalized spacial score (nSPS) is 27.7. The molecule has 27 heavy (non-hydrogen) atoms. The van der Waals surface area contributed by atoms with Crippen LogP contribution >= 0.6 is 47.0 Å². The summed E-state index contributed by atoms with van der Waals surface area (Å²) in [5.74, 6) is 4.75. The lowest BCUT2D eigenvalue weighted by atomic mass is 10.2. The van der Waals surface area contributed by atoms with Crippen molar-refractivity contribution in [2.45, 2.75) is 27.8 Å². The average Bonchev–Trinajstić information content (AvgIpc) is 3.33. The Bertz CT molecular complexity index is 649. The minimum absolute atomic E-state index is 0.302. The van der Waals surface area contributed by atoms with Crippen LogP contribution in [0.4, 0.5) is 0 Å². The van der Waals surface area contributed by atoms with Crippen molar-refractivity contribution in [2.75, 3.05) is 31.5 Å². The van der Waals surface area contributed by atoms with Gasteiger partial charge in [-0.3, -0.25) is 5.32 Å². The maximum Gasteiger partial charge on any atom is 0.161 e. The Balaban J connectivity index is 1.43. The molecule has 5 nitrogen and oxygen atoms in total. The Labute approximate surface area is 178 Å². The molecule has 0 aliphatic carbocycles. The molecule has 0 saturated carbocycles. The molecule has 0 spiro atoms. The molecule has 2 heterocycles. The first-order valence-corrected chi connectivity index (χ1v) is 12.8. The number of benzene rings is 1. The summed E-state index contributed by atoms with van der Waals surface area (Å²) in [6, 6.07) is 6.67. The zero-order valence-electron chi connectivity index (χ0n) is 15.8. The molecule has 3 rings (SSSR count). The first-order valence-electron chi connectivity index (χ1n) is 8.72. The van der Waals surface area contributed by atoms with Crippen molar-refractivity contribution < 1.29 is 9.47 Å². The summed E-state index contributed by atoms with van der Waals surface area (Å²) in [4.78, 5) is 0. The Hall–Kier alpha value is -0.160. The standard InChI is InChI=1S/C18H27N3O2S4/c1-11(2)8-25-17-20-21-18(27-17)26-10-13-9-24-16(19-13)12-5-6-14(22-3)15(7-12)23-4/h5-7,13,16-21H,1,8-10H2,2-4H3. The van der Waals surface area contributed by atoms with E-state index in [1.807, 2.05) is 53.1 Å². The van der Waals surface area contributed by atoms with Gasteiger partial charge in [-0.15, -0.1) is 35.3 Å². The maximum atomic E-state index is 5.43. The van der Waals surface area contributed by atoms with Crippen molar-refractivity contribution in [3.8, 4) is 11.5 Å². The van der Waals surface area contributed by atoms with E-state index in [9.17, 15) is 0 Å². The van der Waals surface area contributed by atoms with Gasteiger partial charge in [0, 0.05) is 23.3 Å². The number of hydrazine groups is 1. The molecule has 0 aromatic heterocycles. The summed E-state index contributed by atoms with van der Waals surface area (Å²) in [6.45, 7) is 6.04. The second kappa shape index (κ2) is 10.6.